The Kier molecular flexibility index (Phi) is 3.24. The van der Waals surface area contributed by atoms with E-state index in [-0.39, 0.29) is 11.8 Å². The molecule has 1 fully saturated rings. The topological polar surface area (TPSA) is 57.6 Å². The highest BCUT2D eigenvalue weighted by molar-refractivity contribution is 5.86. The lowest BCUT2D eigenvalue weighted by molar-refractivity contribution is -0.153. The molecule has 2 aliphatic rings. The van der Waals surface area contributed by atoms with Crippen LogP contribution in [0.5, 0.6) is 0 Å². The van der Waals surface area contributed by atoms with E-state index in [2.05, 4.69) is 0 Å². The molecule has 2 atom stereocenters. The van der Waals surface area contributed by atoms with Crippen molar-refractivity contribution in [3.63, 3.8) is 0 Å². The van der Waals surface area contributed by atoms with Crippen molar-refractivity contribution in [1.82, 2.24) is 4.90 Å². The van der Waals surface area contributed by atoms with Crippen LogP contribution in [0.2, 0.25) is 0 Å². The summed E-state index contributed by atoms with van der Waals surface area (Å²) in [6.45, 7) is 2.35. The Hall–Kier alpha value is -1.84. The van der Waals surface area contributed by atoms with E-state index in [1.807, 2.05) is 31.2 Å². The number of hydrogen-bond acceptors (Lipinski definition) is 2. The van der Waals surface area contributed by atoms with Crippen molar-refractivity contribution in [1.29, 1.82) is 0 Å². The first-order valence-electron chi connectivity index (χ1n) is 7.18. The van der Waals surface area contributed by atoms with Crippen molar-refractivity contribution < 1.29 is 14.7 Å². The van der Waals surface area contributed by atoms with E-state index in [4.69, 9.17) is 0 Å². The molecule has 106 valence electrons. The molecule has 1 aromatic carbocycles. The van der Waals surface area contributed by atoms with Gasteiger partial charge in [0.05, 0.1) is 0 Å². The second-order valence-electron chi connectivity index (χ2n) is 5.92. The minimum Gasteiger partial charge on any atom is -0.480 e. The van der Waals surface area contributed by atoms with E-state index >= 15 is 0 Å². The Morgan fingerprint density at radius 3 is 2.50 bits per heavy atom. The van der Waals surface area contributed by atoms with Gasteiger partial charge in [0.2, 0.25) is 5.91 Å². The third-order valence-corrected chi connectivity index (χ3v) is 4.54. The van der Waals surface area contributed by atoms with Crippen LogP contribution in [-0.2, 0) is 22.6 Å². The minimum absolute atomic E-state index is 0.00518. The summed E-state index contributed by atoms with van der Waals surface area (Å²) in [5, 5.41) is 9.43. The highest BCUT2D eigenvalue weighted by Gasteiger charge is 2.40. The number of rotatable bonds is 3. The maximum Gasteiger partial charge on any atom is 0.326 e. The van der Waals surface area contributed by atoms with Gasteiger partial charge in [-0.2, -0.15) is 0 Å². The van der Waals surface area contributed by atoms with Crippen molar-refractivity contribution in [3.8, 4) is 0 Å². The van der Waals surface area contributed by atoms with Gasteiger partial charge in [0.1, 0.15) is 6.04 Å². The summed E-state index contributed by atoms with van der Waals surface area (Å²) in [5.41, 5.74) is 2.12. The lowest BCUT2D eigenvalue weighted by atomic mass is 9.92. The van der Waals surface area contributed by atoms with E-state index in [1.165, 1.54) is 0 Å². The van der Waals surface area contributed by atoms with Crippen LogP contribution in [0.15, 0.2) is 24.3 Å². The average molecular weight is 273 g/mol. The Morgan fingerprint density at radius 1 is 1.25 bits per heavy atom. The SMILES string of the molecule is CC(C(=O)N1Cc2ccccc2C[C@@H]1C(=O)O)C1CC1. The fourth-order valence-corrected chi connectivity index (χ4v) is 3.03. The van der Waals surface area contributed by atoms with Gasteiger partial charge in [0, 0.05) is 18.9 Å². The predicted molar refractivity (Wildman–Crippen MR) is 74.0 cm³/mol. The quantitative estimate of drug-likeness (QED) is 0.917. The number of benzene rings is 1. The molecule has 1 aliphatic heterocycles. The summed E-state index contributed by atoms with van der Waals surface area (Å²) in [6.07, 6.45) is 2.60. The number of carbonyl (C=O) groups is 2. The van der Waals surface area contributed by atoms with E-state index in [0.29, 0.717) is 18.9 Å². The molecule has 0 radical (unpaired) electrons. The zero-order valence-electron chi connectivity index (χ0n) is 11.6. The van der Waals surface area contributed by atoms with Gasteiger partial charge in [-0.05, 0) is 29.9 Å². The highest BCUT2D eigenvalue weighted by Crippen LogP contribution is 2.38. The molecule has 20 heavy (non-hydrogen) atoms. The summed E-state index contributed by atoms with van der Waals surface area (Å²) in [6, 6.07) is 7.07. The van der Waals surface area contributed by atoms with Gasteiger partial charge in [-0.1, -0.05) is 31.2 Å². The summed E-state index contributed by atoms with van der Waals surface area (Å²) in [5.74, 6) is -0.513. The van der Waals surface area contributed by atoms with Gasteiger partial charge in [-0.15, -0.1) is 0 Å². The molecule has 0 spiro atoms. The Bertz CT molecular complexity index is 550. The summed E-state index contributed by atoms with van der Waals surface area (Å²) < 4.78 is 0. The van der Waals surface area contributed by atoms with E-state index in [1.54, 1.807) is 4.90 Å². The van der Waals surface area contributed by atoms with Crippen LogP contribution in [0.3, 0.4) is 0 Å². The van der Waals surface area contributed by atoms with Crippen LogP contribution in [0.25, 0.3) is 0 Å². The normalized spacial score (nSPS) is 23.1. The maximum absolute atomic E-state index is 12.6. The Morgan fingerprint density at radius 2 is 1.90 bits per heavy atom. The molecule has 1 amide bonds. The third-order valence-electron chi connectivity index (χ3n) is 4.54. The molecular formula is C16H19NO3. The average Bonchev–Trinajstić information content (AvgIpc) is 3.28. The van der Waals surface area contributed by atoms with Crippen molar-refractivity contribution in [2.24, 2.45) is 11.8 Å². The van der Waals surface area contributed by atoms with Gasteiger partial charge in [0.25, 0.3) is 0 Å². The van der Waals surface area contributed by atoms with Crippen LogP contribution in [0.4, 0.5) is 0 Å². The highest BCUT2D eigenvalue weighted by atomic mass is 16.4. The standard InChI is InChI=1S/C16H19NO3/c1-10(11-6-7-11)15(18)17-9-13-5-3-2-4-12(13)8-14(17)16(19)20/h2-5,10-11,14H,6-9H2,1H3,(H,19,20)/t10?,14-/m1/s1. The van der Waals surface area contributed by atoms with E-state index < -0.39 is 12.0 Å². The number of carboxylic acid groups (broad SMARTS) is 1. The number of fused-ring (bicyclic) bond motifs is 1. The fraction of sp³-hybridized carbons (Fsp3) is 0.500. The summed E-state index contributed by atoms with van der Waals surface area (Å²) in [7, 11) is 0. The van der Waals surface area contributed by atoms with Crippen LogP contribution >= 0.6 is 0 Å². The van der Waals surface area contributed by atoms with Crippen molar-refractivity contribution in [2.45, 2.75) is 38.8 Å². The first kappa shape index (κ1) is 13.2. The van der Waals surface area contributed by atoms with Crippen molar-refractivity contribution in [3.05, 3.63) is 35.4 Å². The van der Waals surface area contributed by atoms with Crippen LogP contribution < -0.4 is 0 Å². The number of hydrogen-bond donors (Lipinski definition) is 1. The Balaban J connectivity index is 1.87. The molecule has 0 bridgehead atoms. The smallest absolute Gasteiger partial charge is 0.326 e. The molecule has 1 N–H and O–H groups in total. The van der Waals surface area contributed by atoms with Crippen LogP contribution in [0, 0.1) is 11.8 Å². The molecule has 1 saturated carbocycles. The molecule has 1 unspecified atom stereocenters. The first-order chi connectivity index (χ1) is 9.58. The van der Waals surface area contributed by atoms with Crippen LogP contribution in [-0.4, -0.2) is 27.9 Å². The Labute approximate surface area is 118 Å². The number of amides is 1. The lowest BCUT2D eigenvalue weighted by Crippen LogP contribution is -2.50. The third kappa shape index (κ3) is 2.30. The molecular weight excluding hydrogens is 254 g/mol. The molecule has 4 heteroatoms. The van der Waals surface area contributed by atoms with Crippen molar-refractivity contribution in [2.75, 3.05) is 0 Å². The first-order valence-corrected chi connectivity index (χ1v) is 7.18. The zero-order chi connectivity index (χ0) is 14.3. The monoisotopic (exact) mass is 273 g/mol. The fourth-order valence-electron chi connectivity index (χ4n) is 3.03. The van der Waals surface area contributed by atoms with E-state index in [0.717, 1.165) is 24.0 Å². The second kappa shape index (κ2) is 4.93. The number of aliphatic carboxylic acids is 1. The number of carboxylic acids is 1. The molecule has 0 saturated heterocycles. The van der Waals surface area contributed by atoms with Crippen molar-refractivity contribution >= 4 is 11.9 Å². The lowest BCUT2D eigenvalue weighted by Gasteiger charge is -2.36. The zero-order valence-corrected chi connectivity index (χ0v) is 11.6. The molecule has 1 aromatic rings. The molecule has 1 aliphatic carbocycles. The predicted octanol–water partition coefficient (Wildman–Crippen LogP) is 2.07. The molecule has 0 aromatic heterocycles. The minimum atomic E-state index is -0.907. The maximum atomic E-state index is 12.6. The molecule has 4 nitrogen and oxygen atoms in total. The van der Waals surface area contributed by atoms with E-state index in [9.17, 15) is 14.7 Å². The number of nitrogens with zero attached hydrogens (tertiary/aromatic N) is 1. The molecule has 3 rings (SSSR count). The molecule has 1 heterocycles. The summed E-state index contributed by atoms with van der Waals surface area (Å²) in [4.78, 5) is 25.6. The van der Waals surface area contributed by atoms with Gasteiger partial charge in [-0.3, -0.25) is 4.79 Å². The van der Waals surface area contributed by atoms with Gasteiger partial charge < -0.3 is 10.0 Å². The van der Waals surface area contributed by atoms with Crippen LogP contribution in [0.1, 0.15) is 30.9 Å². The number of carbonyl (C=O) groups excluding carboxylic acids is 1. The van der Waals surface area contributed by atoms with Gasteiger partial charge in [0.15, 0.2) is 0 Å². The second-order valence-corrected chi connectivity index (χ2v) is 5.92. The van der Waals surface area contributed by atoms with Gasteiger partial charge >= 0.3 is 5.97 Å². The largest absolute Gasteiger partial charge is 0.480 e. The van der Waals surface area contributed by atoms with Gasteiger partial charge in [-0.25, -0.2) is 4.79 Å². The summed E-state index contributed by atoms with van der Waals surface area (Å²) >= 11 is 0.